The smallest absolute Gasteiger partial charge is 0.261 e. The van der Waals surface area contributed by atoms with Gasteiger partial charge in [0, 0.05) is 17.3 Å². The van der Waals surface area contributed by atoms with Crippen molar-refractivity contribution in [3.05, 3.63) is 191 Å². The average Bonchev–Trinajstić information content (AvgIpc) is 3.57. The second-order valence-electron chi connectivity index (χ2n) is 18.0. The molecular weight excluding hydrogens is 848 g/mol. The van der Waals surface area contributed by atoms with E-state index < -0.39 is 44.7 Å². The van der Waals surface area contributed by atoms with Gasteiger partial charge in [-0.25, -0.2) is 0 Å². The number of phenolic OH excluding ortho intramolecular Hbond substituents is 1. The van der Waals surface area contributed by atoms with Gasteiger partial charge in [0.2, 0.25) is 11.8 Å². The zero-order chi connectivity index (χ0) is 45.7. The summed E-state index contributed by atoms with van der Waals surface area (Å²) < 4.78 is 7.48. The van der Waals surface area contributed by atoms with E-state index in [0.29, 0.717) is 28.3 Å². The third-order valence-corrected chi connectivity index (χ3v) is 18.3. The molecule has 0 saturated carbocycles. The van der Waals surface area contributed by atoms with Gasteiger partial charge >= 0.3 is 0 Å². The van der Waals surface area contributed by atoms with Crippen molar-refractivity contribution in [1.29, 1.82) is 0 Å². The van der Waals surface area contributed by atoms with Crippen LogP contribution < -0.4 is 20.6 Å². The number of anilines is 3. The van der Waals surface area contributed by atoms with E-state index in [1.54, 1.807) is 24.3 Å². The van der Waals surface area contributed by atoms with Gasteiger partial charge < -0.3 is 25.1 Å². The van der Waals surface area contributed by atoms with Gasteiger partial charge in [-0.2, -0.15) is 0 Å². The summed E-state index contributed by atoms with van der Waals surface area (Å²) in [6.45, 7) is 6.24. The first-order chi connectivity index (χ1) is 31.4. The predicted molar refractivity (Wildman–Crippen MR) is 264 cm³/mol. The van der Waals surface area contributed by atoms with Gasteiger partial charge in [-0.3, -0.25) is 14.5 Å². The molecule has 1 heterocycles. The van der Waals surface area contributed by atoms with Gasteiger partial charge in [0.05, 0.1) is 41.9 Å². The van der Waals surface area contributed by atoms with Crippen LogP contribution in [-0.4, -0.2) is 54.8 Å². The van der Waals surface area contributed by atoms with Crippen LogP contribution in [0.1, 0.15) is 51.2 Å². The lowest BCUT2D eigenvalue weighted by atomic mass is 9.68. The molecule has 1 aliphatic heterocycles. The van der Waals surface area contributed by atoms with Crippen molar-refractivity contribution < 1.29 is 29.3 Å². The highest BCUT2D eigenvalue weighted by Gasteiger charge is 2.56. The largest absolute Gasteiger partial charge is 0.508 e. The summed E-state index contributed by atoms with van der Waals surface area (Å²) in [7, 11) is -3.11. The van der Waals surface area contributed by atoms with E-state index in [-0.39, 0.29) is 36.1 Å². The number of nitrogens with one attached hydrogen (secondary N) is 1. The molecule has 0 spiro atoms. The van der Waals surface area contributed by atoms with Crippen molar-refractivity contribution in [2.45, 2.75) is 51.2 Å². The topological polar surface area (TPSA) is 119 Å². The van der Waals surface area contributed by atoms with E-state index >= 15 is 0 Å². The van der Waals surface area contributed by atoms with Crippen molar-refractivity contribution in [3.63, 3.8) is 0 Å². The number of hydrogen-bond donors (Lipinski definition) is 4. The van der Waals surface area contributed by atoms with Crippen LogP contribution in [0.5, 0.6) is 5.75 Å². The normalized spacial score (nSPS) is 18.5. The summed E-state index contributed by atoms with van der Waals surface area (Å²) in [6.07, 6.45) is 1.69. The Morgan fingerprint density at radius 3 is 1.94 bits per heavy atom. The maximum atomic E-state index is 14.7. The molecular formula is C55H55ClN2O6Si. The molecule has 4 atom stereocenters. The molecule has 10 heteroatoms. The number of nitrogens with zero attached hydrogens (tertiary/aromatic N) is 1. The Morgan fingerprint density at radius 1 is 0.800 bits per heavy atom. The number of phenols is 1. The van der Waals surface area contributed by atoms with Crippen LogP contribution >= 0.6 is 11.6 Å². The molecule has 0 radical (unpaired) electrons. The van der Waals surface area contributed by atoms with Gasteiger partial charge in [-0.1, -0.05) is 142 Å². The molecule has 2 amide bonds. The minimum atomic E-state index is -3.11. The van der Waals surface area contributed by atoms with Crippen LogP contribution in [0.15, 0.2) is 175 Å². The molecule has 6 aromatic rings. The Morgan fingerprint density at radius 2 is 1.37 bits per heavy atom. The number of aromatic hydroxyl groups is 1. The summed E-state index contributed by atoms with van der Waals surface area (Å²) in [5.74, 6) is -3.18. The first-order valence-corrected chi connectivity index (χ1v) is 24.5. The van der Waals surface area contributed by atoms with Crippen LogP contribution in [0.25, 0.3) is 11.6 Å². The minimum absolute atomic E-state index is 0.0600. The van der Waals surface area contributed by atoms with Crippen molar-refractivity contribution in [1.82, 2.24) is 0 Å². The number of imide groups is 1. The Balaban J connectivity index is 1.18. The number of carbonyl (C=O) groups excluding carboxylic acids is 2. The van der Waals surface area contributed by atoms with Gasteiger partial charge in [0.25, 0.3) is 8.32 Å². The van der Waals surface area contributed by atoms with Gasteiger partial charge in [-0.15, -0.1) is 0 Å². The third-order valence-electron chi connectivity index (χ3n) is 13.0. The highest BCUT2D eigenvalue weighted by Crippen LogP contribution is 2.48. The van der Waals surface area contributed by atoms with Crippen LogP contribution in [0.3, 0.4) is 0 Å². The molecule has 1 aliphatic carbocycles. The lowest BCUT2D eigenvalue weighted by Gasteiger charge is -2.44. The number of hydrogen-bond acceptors (Lipinski definition) is 7. The minimum Gasteiger partial charge on any atom is -0.508 e. The van der Waals surface area contributed by atoms with Gasteiger partial charge in [-0.05, 0) is 123 Å². The molecule has 1 saturated heterocycles. The fraction of sp³-hybridized carbons (Fsp3) is 0.236. The Hall–Kier alpha value is -6.07. The number of fused-ring (bicyclic) bond motifs is 1. The predicted octanol–water partition coefficient (Wildman–Crippen LogP) is 10.2. The van der Waals surface area contributed by atoms with Crippen molar-refractivity contribution >= 4 is 70.8 Å². The van der Waals surface area contributed by atoms with E-state index in [0.717, 1.165) is 38.5 Å². The van der Waals surface area contributed by atoms with E-state index in [2.05, 4.69) is 50.4 Å². The molecule has 8 nitrogen and oxygen atoms in total. The highest BCUT2D eigenvalue weighted by molar-refractivity contribution is 6.99. The molecule has 2 aliphatic rings. The third kappa shape index (κ3) is 9.39. The van der Waals surface area contributed by atoms with Crippen LogP contribution in [0.2, 0.25) is 10.1 Å². The van der Waals surface area contributed by atoms with Crippen molar-refractivity contribution in [2.24, 2.45) is 17.8 Å². The zero-order valence-corrected chi connectivity index (χ0v) is 38.7. The van der Waals surface area contributed by atoms with E-state index in [1.165, 1.54) is 11.0 Å². The Bertz CT molecular complexity index is 2630. The number of allylic oxidation sites excluding steroid dienone is 1. The lowest BCUT2D eigenvalue weighted by Crippen LogP contribution is -2.66. The summed E-state index contributed by atoms with van der Waals surface area (Å²) >= 11 is 6.60. The SMILES string of the molecule is CC(C)(C)[Si](OCC1=C([C@H](O)CC/C(=C/c2ccc(O)cc2Cl)c2ccccc2)[C@H](CO)[C@@H]2C(=O)N(c3ccc(Nc4ccccc4)cc3)C(=O)[C@@H]2C1)(c1ccccc1)c1ccccc1. The first-order valence-electron chi connectivity index (χ1n) is 22.2. The van der Waals surface area contributed by atoms with Crippen molar-refractivity contribution in [3.8, 4) is 5.75 Å². The van der Waals surface area contributed by atoms with Crippen LogP contribution in [0, 0.1) is 17.8 Å². The molecule has 0 aromatic heterocycles. The van der Waals surface area contributed by atoms with Crippen LogP contribution in [-0.2, 0) is 14.0 Å². The van der Waals surface area contributed by atoms with Crippen molar-refractivity contribution in [2.75, 3.05) is 23.4 Å². The highest BCUT2D eigenvalue weighted by atomic mass is 35.5. The summed E-state index contributed by atoms with van der Waals surface area (Å²) in [5.41, 5.74) is 5.98. The second kappa shape index (κ2) is 19.6. The van der Waals surface area contributed by atoms with E-state index in [1.807, 2.05) is 115 Å². The van der Waals surface area contributed by atoms with E-state index in [9.17, 15) is 24.9 Å². The fourth-order valence-corrected chi connectivity index (χ4v) is 14.7. The number of benzene rings is 6. The number of para-hydroxylation sites is 1. The number of halogens is 1. The maximum absolute atomic E-state index is 14.7. The molecule has 0 unspecified atom stereocenters. The van der Waals surface area contributed by atoms with Gasteiger partial charge in [0.15, 0.2) is 0 Å². The van der Waals surface area contributed by atoms with Crippen LogP contribution in [0.4, 0.5) is 17.1 Å². The number of amides is 2. The summed E-state index contributed by atoms with van der Waals surface area (Å²) in [4.78, 5) is 30.6. The summed E-state index contributed by atoms with van der Waals surface area (Å²) in [6, 6.07) is 52.2. The average molecular weight is 904 g/mol. The summed E-state index contributed by atoms with van der Waals surface area (Å²) in [5, 5.41) is 39.7. The second-order valence-corrected chi connectivity index (χ2v) is 22.7. The number of carbonyl (C=O) groups is 2. The Kier molecular flexibility index (Phi) is 13.7. The molecule has 1 fully saturated rings. The molecule has 65 heavy (non-hydrogen) atoms. The van der Waals surface area contributed by atoms with Gasteiger partial charge in [0.1, 0.15) is 5.75 Å². The molecule has 4 N–H and O–H groups in total. The molecule has 6 aromatic carbocycles. The standard InChI is InChI=1S/C55H55ClN2O6Si/c1-55(2,3)65(45-20-12-6-13-21-45,46-22-14-7-15-23-46)64-36-40-33-47-52(54(63)58(53(47)62)43-28-26-42(27-29-43)57-41-18-10-5-11-19-41)48(35-59)51(40)50(61)31-25-38(37-16-8-4-9-17-37)32-39-24-30-44(60)34-49(39)56/h4-24,26-30,32,34,47-48,50,52,57,59-61H,25,31,33,35-36H2,1-3H3/b38-32-/t47-,48+,50-,52-/m1/s1. The quantitative estimate of drug-likeness (QED) is 0.0351. The molecule has 8 rings (SSSR count). The zero-order valence-electron chi connectivity index (χ0n) is 36.9. The van der Waals surface area contributed by atoms with E-state index in [4.69, 9.17) is 16.0 Å². The lowest BCUT2D eigenvalue weighted by molar-refractivity contribution is -0.123. The molecule has 332 valence electrons. The first kappa shape index (κ1) is 45.5. The Labute approximate surface area is 387 Å². The number of aliphatic hydroxyl groups excluding tert-OH is 2. The maximum Gasteiger partial charge on any atom is 0.261 e. The monoisotopic (exact) mass is 902 g/mol. The molecule has 0 bridgehead atoms. The number of rotatable bonds is 15. The fourth-order valence-electron chi connectivity index (χ4n) is 9.91. The number of aliphatic hydroxyl groups is 2.